The SMILES string of the molecule is CN(CCc1ccncc1)C(=O)C(=O)Nc1cc(Cl)ccc1Cl. The highest BCUT2D eigenvalue weighted by molar-refractivity contribution is 6.41. The largest absolute Gasteiger partial charge is 0.337 e. The Kier molecular flexibility index (Phi) is 5.96. The van der Waals surface area contributed by atoms with Crippen LogP contribution in [-0.2, 0) is 16.0 Å². The van der Waals surface area contributed by atoms with Crippen LogP contribution in [0.3, 0.4) is 0 Å². The van der Waals surface area contributed by atoms with Crippen molar-refractivity contribution in [2.45, 2.75) is 6.42 Å². The molecule has 0 unspecified atom stereocenters. The van der Waals surface area contributed by atoms with E-state index in [0.717, 1.165) is 5.56 Å². The summed E-state index contributed by atoms with van der Waals surface area (Å²) in [5.41, 5.74) is 1.35. The lowest BCUT2D eigenvalue weighted by atomic mass is 10.2. The van der Waals surface area contributed by atoms with Crippen molar-refractivity contribution in [1.29, 1.82) is 0 Å². The second-order valence-corrected chi connectivity index (χ2v) is 5.75. The highest BCUT2D eigenvalue weighted by Crippen LogP contribution is 2.25. The minimum Gasteiger partial charge on any atom is -0.337 e. The lowest BCUT2D eigenvalue weighted by molar-refractivity contribution is -0.142. The third-order valence-corrected chi connectivity index (χ3v) is 3.77. The number of hydrogen-bond acceptors (Lipinski definition) is 3. The molecule has 1 heterocycles. The molecule has 2 rings (SSSR count). The number of halogens is 2. The number of anilines is 1. The van der Waals surface area contributed by atoms with Gasteiger partial charge in [-0.1, -0.05) is 23.2 Å². The summed E-state index contributed by atoms with van der Waals surface area (Å²) in [6.07, 6.45) is 4.01. The first-order valence-electron chi connectivity index (χ1n) is 6.88. The van der Waals surface area contributed by atoms with Crippen molar-refractivity contribution < 1.29 is 9.59 Å². The van der Waals surface area contributed by atoms with Gasteiger partial charge in [0, 0.05) is 31.0 Å². The van der Waals surface area contributed by atoms with E-state index in [-0.39, 0.29) is 0 Å². The van der Waals surface area contributed by atoms with Crippen molar-refractivity contribution in [3.05, 3.63) is 58.3 Å². The predicted octanol–water partition coefficient (Wildman–Crippen LogP) is 3.03. The number of carbonyl (C=O) groups excluding carboxylic acids is 2. The van der Waals surface area contributed by atoms with Gasteiger partial charge in [-0.2, -0.15) is 0 Å². The van der Waals surface area contributed by atoms with E-state index in [4.69, 9.17) is 23.2 Å². The Hall–Kier alpha value is -2.11. The molecule has 5 nitrogen and oxygen atoms in total. The number of carbonyl (C=O) groups is 2. The van der Waals surface area contributed by atoms with E-state index in [1.54, 1.807) is 31.6 Å². The van der Waals surface area contributed by atoms with Crippen LogP contribution < -0.4 is 5.32 Å². The summed E-state index contributed by atoms with van der Waals surface area (Å²) in [6, 6.07) is 8.37. The molecular formula is C16H15Cl2N3O2. The van der Waals surface area contributed by atoms with Gasteiger partial charge in [-0.25, -0.2) is 0 Å². The molecule has 0 saturated carbocycles. The van der Waals surface area contributed by atoms with E-state index in [0.29, 0.717) is 28.7 Å². The lowest BCUT2D eigenvalue weighted by Gasteiger charge is -2.17. The number of benzene rings is 1. The van der Waals surface area contributed by atoms with Crippen LogP contribution in [0.4, 0.5) is 5.69 Å². The number of likely N-dealkylation sites (N-methyl/N-ethyl adjacent to an activating group) is 1. The molecule has 0 saturated heterocycles. The summed E-state index contributed by atoms with van der Waals surface area (Å²) in [4.78, 5) is 29.4. The van der Waals surface area contributed by atoms with Gasteiger partial charge in [-0.05, 0) is 42.3 Å². The van der Waals surface area contributed by atoms with E-state index >= 15 is 0 Å². The van der Waals surface area contributed by atoms with Gasteiger partial charge < -0.3 is 10.2 Å². The molecule has 0 fully saturated rings. The van der Waals surface area contributed by atoms with E-state index in [2.05, 4.69) is 10.3 Å². The molecule has 0 radical (unpaired) electrons. The van der Waals surface area contributed by atoms with E-state index in [1.807, 2.05) is 12.1 Å². The van der Waals surface area contributed by atoms with Crippen molar-refractivity contribution in [3.63, 3.8) is 0 Å². The van der Waals surface area contributed by atoms with Gasteiger partial charge >= 0.3 is 11.8 Å². The first-order chi connectivity index (χ1) is 11.0. The number of amides is 2. The fraction of sp³-hybridized carbons (Fsp3) is 0.188. The van der Waals surface area contributed by atoms with E-state index < -0.39 is 11.8 Å². The highest BCUT2D eigenvalue weighted by atomic mass is 35.5. The average molecular weight is 352 g/mol. The van der Waals surface area contributed by atoms with Gasteiger partial charge in [0.05, 0.1) is 10.7 Å². The van der Waals surface area contributed by atoms with Crippen molar-refractivity contribution in [3.8, 4) is 0 Å². The number of nitrogens with one attached hydrogen (secondary N) is 1. The van der Waals surface area contributed by atoms with Gasteiger partial charge in [0.2, 0.25) is 0 Å². The zero-order valence-electron chi connectivity index (χ0n) is 12.4. The molecule has 0 atom stereocenters. The van der Waals surface area contributed by atoms with Crippen LogP contribution in [0.25, 0.3) is 0 Å². The summed E-state index contributed by atoms with van der Waals surface area (Å²) in [7, 11) is 1.57. The van der Waals surface area contributed by atoms with Crippen LogP contribution in [0.15, 0.2) is 42.7 Å². The van der Waals surface area contributed by atoms with Crippen LogP contribution in [0.2, 0.25) is 10.0 Å². The van der Waals surface area contributed by atoms with Gasteiger partial charge in [0.1, 0.15) is 0 Å². The Labute approximate surface area is 144 Å². The topological polar surface area (TPSA) is 62.3 Å². The second kappa shape index (κ2) is 7.94. The monoisotopic (exact) mass is 351 g/mol. The Bertz CT molecular complexity index is 708. The molecule has 23 heavy (non-hydrogen) atoms. The predicted molar refractivity (Wildman–Crippen MR) is 90.7 cm³/mol. The molecule has 1 aromatic heterocycles. The van der Waals surface area contributed by atoms with Crippen molar-refractivity contribution in [1.82, 2.24) is 9.88 Å². The standard InChI is InChI=1S/C16H15Cl2N3O2/c1-21(9-6-11-4-7-19-8-5-11)16(23)15(22)20-14-10-12(17)2-3-13(14)18/h2-5,7-8,10H,6,9H2,1H3,(H,20,22). The molecule has 1 aromatic carbocycles. The molecular weight excluding hydrogens is 337 g/mol. The van der Waals surface area contributed by atoms with Gasteiger partial charge in [0.15, 0.2) is 0 Å². The molecule has 0 aliphatic rings. The van der Waals surface area contributed by atoms with Crippen LogP contribution in [0, 0.1) is 0 Å². The minimum absolute atomic E-state index is 0.306. The smallest absolute Gasteiger partial charge is 0.313 e. The molecule has 0 spiro atoms. The maximum absolute atomic E-state index is 12.1. The maximum atomic E-state index is 12.1. The fourth-order valence-corrected chi connectivity index (χ4v) is 2.23. The van der Waals surface area contributed by atoms with Gasteiger partial charge in [-0.3, -0.25) is 14.6 Å². The molecule has 7 heteroatoms. The molecule has 1 N–H and O–H groups in total. The molecule has 0 bridgehead atoms. The molecule has 0 aliphatic heterocycles. The van der Waals surface area contributed by atoms with Gasteiger partial charge in [-0.15, -0.1) is 0 Å². The molecule has 120 valence electrons. The Morgan fingerprint density at radius 1 is 1.17 bits per heavy atom. The van der Waals surface area contributed by atoms with Gasteiger partial charge in [0.25, 0.3) is 0 Å². The lowest BCUT2D eigenvalue weighted by Crippen LogP contribution is -2.38. The van der Waals surface area contributed by atoms with Crippen LogP contribution in [0.5, 0.6) is 0 Å². The zero-order chi connectivity index (χ0) is 16.8. The third-order valence-electron chi connectivity index (χ3n) is 3.20. The average Bonchev–Trinajstić information content (AvgIpc) is 2.56. The quantitative estimate of drug-likeness (QED) is 0.861. The number of hydrogen-bond donors (Lipinski definition) is 1. The maximum Gasteiger partial charge on any atom is 0.313 e. The molecule has 2 amide bonds. The van der Waals surface area contributed by atoms with Crippen LogP contribution in [0.1, 0.15) is 5.56 Å². The fourth-order valence-electron chi connectivity index (χ4n) is 1.89. The number of nitrogens with zero attached hydrogens (tertiary/aromatic N) is 2. The number of rotatable bonds is 4. The molecule has 2 aromatic rings. The number of pyridine rings is 1. The van der Waals surface area contributed by atoms with Crippen LogP contribution >= 0.6 is 23.2 Å². The summed E-state index contributed by atoms with van der Waals surface area (Å²) < 4.78 is 0. The Morgan fingerprint density at radius 3 is 2.57 bits per heavy atom. The van der Waals surface area contributed by atoms with Crippen molar-refractivity contribution in [2.75, 3.05) is 18.9 Å². The first kappa shape index (κ1) is 17.2. The second-order valence-electron chi connectivity index (χ2n) is 4.91. The van der Waals surface area contributed by atoms with Crippen molar-refractivity contribution >= 4 is 40.7 Å². The Morgan fingerprint density at radius 2 is 1.87 bits per heavy atom. The first-order valence-corrected chi connectivity index (χ1v) is 7.63. The third kappa shape index (κ3) is 4.94. The normalized spacial score (nSPS) is 10.2. The Balaban J connectivity index is 1.93. The summed E-state index contributed by atoms with van der Waals surface area (Å²) >= 11 is 11.8. The summed E-state index contributed by atoms with van der Waals surface area (Å²) in [6.45, 7) is 0.416. The summed E-state index contributed by atoms with van der Waals surface area (Å²) in [5, 5.41) is 3.21. The van der Waals surface area contributed by atoms with Crippen molar-refractivity contribution in [2.24, 2.45) is 0 Å². The van der Waals surface area contributed by atoms with E-state index in [9.17, 15) is 9.59 Å². The van der Waals surface area contributed by atoms with E-state index in [1.165, 1.54) is 11.0 Å². The highest BCUT2D eigenvalue weighted by Gasteiger charge is 2.19. The minimum atomic E-state index is -0.758. The zero-order valence-corrected chi connectivity index (χ0v) is 13.9. The summed E-state index contributed by atoms with van der Waals surface area (Å²) in [5.74, 6) is -1.40. The number of aromatic nitrogens is 1. The molecule has 0 aliphatic carbocycles. The van der Waals surface area contributed by atoms with Crippen LogP contribution in [-0.4, -0.2) is 35.3 Å².